The van der Waals surface area contributed by atoms with Gasteiger partial charge in [-0.2, -0.15) is 0 Å². The largest absolute Gasteiger partial charge is 0.341 e. The normalized spacial score (nSPS) is 15.4. The van der Waals surface area contributed by atoms with Crippen LogP contribution in [-0.4, -0.2) is 29.0 Å². The van der Waals surface area contributed by atoms with Gasteiger partial charge in [0.1, 0.15) is 5.69 Å². The fraction of sp³-hybridized carbons (Fsp3) is 0.421. The predicted molar refractivity (Wildman–Crippen MR) is 96.5 cm³/mol. The van der Waals surface area contributed by atoms with E-state index in [-0.39, 0.29) is 5.91 Å². The van der Waals surface area contributed by atoms with E-state index in [0.29, 0.717) is 11.6 Å². The zero-order chi connectivity index (χ0) is 17.1. The molecule has 1 N–H and O–H groups in total. The van der Waals surface area contributed by atoms with Gasteiger partial charge < -0.3 is 10.2 Å². The van der Waals surface area contributed by atoms with E-state index in [1.54, 1.807) is 6.07 Å². The van der Waals surface area contributed by atoms with Gasteiger partial charge in [-0.1, -0.05) is 25.1 Å². The number of amides is 1. The molecule has 0 spiro atoms. The predicted octanol–water partition coefficient (Wildman–Crippen LogP) is 3.58. The van der Waals surface area contributed by atoms with E-state index >= 15 is 0 Å². The molecule has 1 aromatic carbocycles. The zero-order valence-electron chi connectivity index (χ0n) is 14.5. The lowest BCUT2D eigenvalue weighted by Crippen LogP contribution is -2.34. The van der Waals surface area contributed by atoms with E-state index in [1.165, 1.54) is 0 Å². The molecule has 0 atom stereocenters. The van der Waals surface area contributed by atoms with Crippen molar-refractivity contribution in [1.29, 1.82) is 0 Å². The summed E-state index contributed by atoms with van der Waals surface area (Å²) in [6, 6.07) is 9.47. The number of aromatic nitrogens is 2. The fourth-order valence-corrected chi connectivity index (χ4v) is 2.92. The molecule has 24 heavy (non-hydrogen) atoms. The van der Waals surface area contributed by atoms with Crippen LogP contribution in [0.3, 0.4) is 0 Å². The summed E-state index contributed by atoms with van der Waals surface area (Å²) in [7, 11) is 0. The highest BCUT2D eigenvalue weighted by Gasteiger charge is 2.20. The summed E-state index contributed by atoms with van der Waals surface area (Å²) < 4.78 is 0. The highest BCUT2D eigenvalue weighted by atomic mass is 16.1. The number of hydrogen-bond acceptors (Lipinski definition) is 4. The Bertz CT molecular complexity index is 736. The van der Waals surface area contributed by atoms with Gasteiger partial charge >= 0.3 is 0 Å². The van der Waals surface area contributed by atoms with Crippen LogP contribution >= 0.6 is 0 Å². The Labute approximate surface area is 143 Å². The van der Waals surface area contributed by atoms with E-state index in [0.717, 1.165) is 48.8 Å². The van der Waals surface area contributed by atoms with E-state index in [2.05, 4.69) is 27.1 Å². The van der Waals surface area contributed by atoms with Crippen molar-refractivity contribution < 1.29 is 4.79 Å². The molecule has 126 valence electrons. The van der Waals surface area contributed by atoms with Crippen molar-refractivity contribution in [3.8, 4) is 0 Å². The summed E-state index contributed by atoms with van der Waals surface area (Å²) in [5.74, 6) is 1.22. The van der Waals surface area contributed by atoms with Crippen LogP contribution in [-0.2, 0) is 0 Å². The third kappa shape index (κ3) is 3.72. The molecule has 1 fully saturated rings. The van der Waals surface area contributed by atoms with E-state index in [9.17, 15) is 4.79 Å². The first kappa shape index (κ1) is 16.4. The molecule has 2 aromatic rings. The minimum atomic E-state index is -0.193. The van der Waals surface area contributed by atoms with Gasteiger partial charge in [0.25, 0.3) is 5.91 Å². The monoisotopic (exact) mass is 324 g/mol. The minimum absolute atomic E-state index is 0.193. The summed E-state index contributed by atoms with van der Waals surface area (Å²) in [6.07, 6.45) is 2.28. The molecule has 1 amide bonds. The summed E-state index contributed by atoms with van der Waals surface area (Å²) in [6.45, 7) is 8.05. The van der Waals surface area contributed by atoms with Gasteiger partial charge in [0.05, 0.1) is 0 Å². The first-order valence-corrected chi connectivity index (χ1v) is 8.50. The lowest BCUT2D eigenvalue weighted by atomic mass is 10.00. The highest BCUT2D eigenvalue weighted by molar-refractivity contribution is 6.03. The number of carbonyl (C=O) groups is 1. The van der Waals surface area contributed by atoms with Crippen molar-refractivity contribution in [2.75, 3.05) is 23.3 Å². The van der Waals surface area contributed by atoms with E-state index < -0.39 is 0 Å². The second-order valence-electron chi connectivity index (χ2n) is 6.63. The molecule has 1 aliphatic rings. The summed E-state index contributed by atoms with van der Waals surface area (Å²) in [5.41, 5.74) is 3.07. The van der Waals surface area contributed by atoms with Gasteiger partial charge in [-0.15, -0.1) is 0 Å². The van der Waals surface area contributed by atoms with Gasteiger partial charge in [0, 0.05) is 24.5 Å². The van der Waals surface area contributed by atoms with Gasteiger partial charge in [0.15, 0.2) is 0 Å². The third-order valence-electron chi connectivity index (χ3n) is 4.53. The molecular formula is C19H24N4O. The molecule has 5 heteroatoms. The molecule has 1 aliphatic heterocycles. The number of carbonyl (C=O) groups excluding carboxylic acids is 1. The molecule has 1 saturated heterocycles. The SMILES string of the molecule is Cc1cc(C(=O)Nc2ccccc2C)nc(N2CCC(C)CC2)n1. The molecule has 0 aliphatic carbocycles. The number of aryl methyl sites for hydroxylation is 2. The molecule has 3 rings (SSSR count). The topological polar surface area (TPSA) is 58.1 Å². The second kappa shape index (κ2) is 6.99. The number of nitrogens with one attached hydrogen (secondary N) is 1. The van der Waals surface area contributed by atoms with Crippen molar-refractivity contribution in [3.63, 3.8) is 0 Å². The maximum absolute atomic E-state index is 12.6. The van der Waals surface area contributed by atoms with Crippen LogP contribution in [0.25, 0.3) is 0 Å². The molecule has 0 bridgehead atoms. The average Bonchev–Trinajstić information content (AvgIpc) is 2.57. The summed E-state index contributed by atoms with van der Waals surface area (Å²) >= 11 is 0. The van der Waals surface area contributed by atoms with Gasteiger partial charge in [-0.05, 0) is 50.3 Å². The molecule has 1 aromatic heterocycles. The Hall–Kier alpha value is -2.43. The summed E-state index contributed by atoms with van der Waals surface area (Å²) in [4.78, 5) is 23.8. The smallest absolute Gasteiger partial charge is 0.274 e. The average molecular weight is 324 g/mol. The van der Waals surface area contributed by atoms with Gasteiger partial charge in [-0.25, -0.2) is 9.97 Å². The Morgan fingerprint density at radius 1 is 1.17 bits per heavy atom. The molecular weight excluding hydrogens is 300 g/mol. The van der Waals surface area contributed by atoms with Crippen molar-refractivity contribution in [3.05, 3.63) is 47.3 Å². The molecule has 5 nitrogen and oxygen atoms in total. The standard InChI is InChI=1S/C19H24N4O/c1-13-8-10-23(11-9-13)19-20-15(3)12-17(22-19)18(24)21-16-7-5-4-6-14(16)2/h4-7,12-13H,8-11H2,1-3H3,(H,21,24). The van der Waals surface area contributed by atoms with E-state index in [4.69, 9.17) is 0 Å². The maximum atomic E-state index is 12.6. The Morgan fingerprint density at radius 3 is 2.58 bits per heavy atom. The second-order valence-corrected chi connectivity index (χ2v) is 6.63. The molecule has 0 unspecified atom stereocenters. The minimum Gasteiger partial charge on any atom is -0.341 e. The number of nitrogens with zero attached hydrogens (tertiary/aromatic N) is 3. The first-order valence-electron chi connectivity index (χ1n) is 8.50. The number of rotatable bonds is 3. The van der Waals surface area contributed by atoms with Crippen LogP contribution in [0.4, 0.5) is 11.6 Å². The first-order chi connectivity index (χ1) is 11.5. The van der Waals surface area contributed by atoms with Crippen LogP contribution < -0.4 is 10.2 Å². The lowest BCUT2D eigenvalue weighted by Gasteiger charge is -2.30. The Kier molecular flexibility index (Phi) is 4.79. The van der Waals surface area contributed by atoms with Crippen molar-refractivity contribution in [2.24, 2.45) is 5.92 Å². The number of anilines is 2. The van der Waals surface area contributed by atoms with Crippen LogP contribution in [0.1, 0.15) is 41.5 Å². The van der Waals surface area contributed by atoms with Gasteiger partial charge in [-0.3, -0.25) is 4.79 Å². The van der Waals surface area contributed by atoms with Crippen molar-refractivity contribution >= 4 is 17.5 Å². The van der Waals surface area contributed by atoms with Crippen LogP contribution in [0.15, 0.2) is 30.3 Å². The van der Waals surface area contributed by atoms with Crippen molar-refractivity contribution in [2.45, 2.75) is 33.6 Å². The Morgan fingerprint density at radius 2 is 1.88 bits per heavy atom. The van der Waals surface area contributed by atoms with Crippen LogP contribution in [0, 0.1) is 19.8 Å². The van der Waals surface area contributed by atoms with Gasteiger partial charge in [0.2, 0.25) is 5.95 Å². The Balaban J connectivity index is 1.80. The third-order valence-corrected chi connectivity index (χ3v) is 4.53. The summed E-state index contributed by atoms with van der Waals surface area (Å²) in [5, 5.41) is 2.94. The van der Waals surface area contributed by atoms with Crippen LogP contribution in [0.2, 0.25) is 0 Å². The molecule has 0 radical (unpaired) electrons. The van der Waals surface area contributed by atoms with Crippen molar-refractivity contribution in [1.82, 2.24) is 9.97 Å². The van der Waals surface area contributed by atoms with Crippen LogP contribution in [0.5, 0.6) is 0 Å². The quantitative estimate of drug-likeness (QED) is 0.937. The number of para-hydroxylation sites is 1. The zero-order valence-corrected chi connectivity index (χ0v) is 14.5. The molecule has 0 saturated carbocycles. The highest BCUT2D eigenvalue weighted by Crippen LogP contribution is 2.21. The lowest BCUT2D eigenvalue weighted by molar-refractivity contribution is 0.102. The number of hydrogen-bond donors (Lipinski definition) is 1. The maximum Gasteiger partial charge on any atom is 0.274 e. The van der Waals surface area contributed by atoms with E-state index in [1.807, 2.05) is 38.1 Å². The number of piperidine rings is 1. The fourth-order valence-electron chi connectivity index (χ4n) is 2.92. The molecule has 2 heterocycles. The number of benzene rings is 1.